The molecule has 0 aliphatic heterocycles. The molecule has 1 heterocycles. The highest BCUT2D eigenvalue weighted by Gasteiger charge is 2.18. The van der Waals surface area contributed by atoms with Gasteiger partial charge in [0, 0.05) is 13.6 Å². The fraction of sp³-hybridized carbons (Fsp3) is 0.231. The summed E-state index contributed by atoms with van der Waals surface area (Å²) < 4.78 is 28.4. The first-order valence-electron chi connectivity index (χ1n) is 5.99. The number of halogens is 3. The average Bonchev–Trinajstić information content (AvgIpc) is 2.44. The van der Waals surface area contributed by atoms with Crippen molar-refractivity contribution >= 4 is 21.6 Å². The van der Waals surface area contributed by atoms with E-state index in [2.05, 4.69) is 26.3 Å². The lowest BCUT2D eigenvalue weighted by Crippen LogP contribution is -2.23. The van der Waals surface area contributed by atoms with Crippen LogP contribution in [0.1, 0.15) is 11.7 Å². The van der Waals surface area contributed by atoms with Crippen molar-refractivity contribution in [2.45, 2.75) is 6.10 Å². The van der Waals surface area contributed by atoms with Gasteiger partial charge in [0.05, 0.1) is 17.4 Å². The Morgan fingerprint density at radius 2 is 2.05 bits per heavy atom. The molecule has 0 fully saturated rings. The van der Waals surface area contributed by atoms with E-state index in [0.717, 1.165) is 16.8 Å². The maximum absolute atomic E-state index is 13.5. The zero-order valence-corrected chi connectivity index (χ0v) is 12.6. The molecule has 0 bridgehead atoms. The zero-order chi connectivity index (χ0) is 15.6. The number of hydrogen-bond acceptors (Lipinski definition) is 4. The van der Waals surface area contributed by atoms with E-state index in [-0.39, 0.29) is 16.6 Å². The van der Waals surface area contributed by atoms with Crippen molar-refractivity contribution in [2.24, 2.45) is 7.05 Å². The van der Waals surface area contributed by atoms with Gasteiger partial charge in [0.15, 0.2) is 0 Å². The summed E-state index contributed by atoms with van der Waals surface area (Å²) in [6.45, 7) is -0.175. The fourth-order valence-corrected chi connectivity index (χ4v) is 2.27. The molecule has 0 aliphatic rings. The normalized spacial score (nSPS) is 12.2. The number of nitrogens with zero attached hydrogens (tertiary/aromatic N) is 2. The summed E-state index contributed by atoms with van der Waals surface area (Å²) in [5.74, 6) is -1.66. The van der Waals surface area contributed by atoms with Crippen molar-refractivity contribution in [1.82, 2.24) is 9.78 Å². The molecule has 8 heteroatoms. The SMILES string of the molecule is Cn1ncc(NCC(O)c2c(F)cccc2F)c(Br)c1=O. The highest BCUT2D eigenvalue weighted by molar-refractivity contribution is 9.10. The van der Waals surface area contributed by atoms with Crippen molar-refractivity contribution in [3.8, 4) is 0 Å². The van der Waals surface area contributed by atoms with E-state index < -0.39 is 23.3 Å². The molecule has 112 valence electrons. The summed E-state index contributed by atoms with van der Waals surface area (Å²) in [5.41, 5.74) is -0.460. The van der Waals surface area contributed by atoms with Crippen LogP contribution in [0.15, 0.2) is 33.7 Å². The lowest BCUT2D eigenvalue weighted by Gasteiger charge is -2.15. The number of rotatable bonds is 4. The second kappa shape index (κ2) is 6.31. The Balaban J connectivity index is 2.17. The van der Waals surface area contributed by atoms with Gasteiger partial charge in [-0.25, -0.2) is 13.5 Å². The van der Waals surface area contributed by atoms with E-state index in [1.165, 1.54) is 19.3 Å². The van der Waals surface area contributed by atoms with E-state index in [0.29, 0.717) is 5.69 Å². The predicted molar refractivity (Wildman–Crippen MR) is 77.0 cm³/mol. The van der Waals surface area contributed by atoms with Gasteiger partial charge in [0.2, 0.25) is 0 Å². The molecule has 2 rings (SSSR count). The molecule has 0 amide bonds. The molecule has 5 nitrogen and oxygen atoms in total. The van der Waals surface area contributed by atoms with Crippen molar-refractivity contribution in [1.29, 1.82) is 0 Å². The van der Waals surface area contributed by atoms with Gasteiger partial charge < -0.3 is 10.4 Å². The first-order chi connectivity index (χ1) is 9.91. The molecule has 0 aliphatic carbocycles. The Bertz CT molecular complexity index is 701. The maximum atomic E-state index is 13.5. The van der Waals surface area contributed by atoms with Crippen LogP contribution in [0.5, 0.6) is 0 Å². The second-order valence-electron chi connectivity index (χ2n) is 4.33. The number of benzene rings is 1. The standard InChI is InChI=1S/C13H12BrF2N3O2/c1-19-13(21)12(14)9(5-18-19)17-6-10(20)11-7(15)3-2-4-8(11)16/h2-5,10,17,20H,6H2,1H3. The van der Waals surface area contributed by atoms with E-state index in [1.54, 1.807) is 0 Å². The number of aryl methyl sites for hydroxylation is 1. The zero-order valence-electron chi connectivity index (χ0n) is 11.0. The molecule has 0 spiro atoms. The monoisotopic (exact) mass is 359 g/mol. The van der Waals surface area contributed by atoms with Gasteiger partial charge >= 0.3 is 0 Å². The van der Waals surface area contributed by atoms with Crippen molar-refractivity contribution in [2.75, 3.05) is 11.9 Å². The highest BCUT2D eigenvalue weighted by Crippen LogP contribution is 2.22. The first kappa shape index (κ1) is 15.6. The van der Waals surface area contributed by atoms with Crippen LogP contribution in [0, 0.1) is 11.6 Å². The van der Waals surface area contributed by atoms with Crippen LogP contribution < -0.4 is 10.9 Å². The third-order valence-electron chi connectivity index (χ3n) is 2.90. The Morgan fingerprint density at radius 1 is 1.43 bits per heavy atom. The lowest BCUT2D eigenvalue weighted by atomic mass is 10.1. The van der Waals surface area contributed by atoms with E-state index in [4.69, 9.17) is 0 Å². The van der Waals surface area contributed by atoms with Crippen molar-refractivity contribution in [3.05, 3.63) is 56.4 Å². The van der Waals surface area contributed by atoms with Crippen LogP contribution in [0.2, 0.25) is 0 Å². The smallest absolute Gasteiger partial charge is 0.282 e. The largest absolute Gasteiger partial charge is 0.386 e. The Labute approximate surface area is 127 Å². The number of hydrogen-bond donors (Lipinski definition) is 2. The van der Waals surface area contributed by atoms with Crippen LogP contribution >= 0.6 is 15.9 Å². The van der Waals surface area contributed by atoms with Gasteiger partial charge in [-0.2, -0.15) is 5.10 Å². The summed E-state index contributed by atoms with van der Waals surface area (Å²) in [7, 11) is 1.49. The van der Waals surface area contributed by atoms with Gasteiger partial charge in [0.25, 0.3) is 5.56 Å². The van der Waals surface area contributed by atoms with Gasteiger partial charge in [-0.05, 0) is 28.1 Å². The maximum Gasteiger partial charge on any atom is 0.282 e. The lowest BCUT2D eigenvalue weighted by molar-refractivity contribution is 0.181. The number of anilines is 1. The number of aliphatic hydroxyl groups excluding tert-OH is 1. The van der Waals surface area contributed by atoms with Crippen LogP contribution in [-0.4, -0.2) is 21.4 Å². The van der Waals surface area contributed by atoms with Crippen molar-refractivity contribution in [3.63, 3.8) is 0 Å². The Morgan fingerprint density at radius 3 is 2.67 bits per heavy atom. The minimum Gasteiger partial charge on any atom is -0.386 e. The second-order valence-corrected chi connectivity index (χ2v) is 5.13. The van der Waals surface area contributed by atoms with Crippen LogP contribution in [0.3, 0.4) is 0 Å². The molecular formula is C13H12BrF2N3O2. The van der Waals surface area contributed by atoms with Gasteiger partial charge in [-0.1, -0.05) is 6.07 Å². The van der Waals surface area contributed by atoms with E-state index in [1.807, 2.05) is 0 Å². The average molecular weight is 360 g/mol. The molecule has 0 saturated carbocycles. The molecule has 1 atom stereocenters. The fourth-order valence-electron chi connectivity index (χ4n) is 1.77. The third kappa shape index (κ3) is 3.27. The van der Waals surface area contributed by atoms with Gasteiger partial charge in [0.1, 0.15) is 22.2 Å². The van der Waals surface area contributed by atoms with Crippen molar-refractivity contribution < 1.29 is 13.9 Å². The van der Waals surface area contributed by atoms with E-state index in [9.17, 15) is 18.7 Å². The quantitative estimate of drug-likeness (QED) is 0.875. The number of aromatic nitrogens is 2. The molecule has 1 aromatic heterocycles. The van der Waals surface area contributed by atoms with Gasteiger partial charge in [-0.3, -0.25) is 4.79 Å². The summed E-state index contributed by atoms with van der Waals surface area (Å²) in [4.78, 5) is 11.6. The molecule has 1 aromatic carbocycles. The molecular weight excluding hydrogens is 348 g/mol. The molecule has 0 radical (unpaired) electrons. The molecule has 2 aromatic rings. The number of nitrogens with one attached hydrogen (secondary N) is 1. The summed E-state index contributed by atoms with van der Waals surface area (Å²) in [6, 6.07) is 3.35. The topological polar surface area (TPSA) is 67.2 Å². The van der Waals surface area contributed by atoms with Crippen LogP contribution in [-0.2, 0) is 7.05 Å². The van der Waals surface area contributed by atoms with Gasteiger partial charge in [-0.15, -0.1) is 0 Å². The Kier molecular flexibility index (Phi) is 4.69. The first-order valence-corrected chi connectivity index (χ1v) is 6.78. The van der Waals surface area contributed by atoms with Crippen LogP contribution in [0.4, 0.5) is 14.5 Å². The Hall–Kier alpha value is -1.80. The predicted octanol–water partition coefficient (Wildman–Crippen LogP) is 1.97. The molecule has 0 saturated heterocycles. The molecule has 2 N–H and O–H groups in total. The summed E-state index contributed by atoms with van der Waals surface area (Å²) >= 11 is 3.10. The van der Waals surface area contributed by atoms with Crippen LogP contribution in [0.25, 0.3) is 0 Å². The minimum absolute atomic E-state index is 0.175. The number of aliphatic hydroxyl groups is 1. The van der Waals surface area contributed by atoms with E-state index >= 15 is 0 Å². The summed E-state index contributed by atoms with van der Waals surface area (Å²) in [5, 5.41) is 16.4. The minimum atomic E-state index is -1.40. The highest BCUT2D eigenvalue weighted by atomic mass is 79.9. The molecule has 21 heavy (non-hydrogen) atoms. The molecule has 1 unspecified atom stereocenters. The summed E-state index contributed by atoms with van der Waals surface area (Å²) in [6.07, 6.45) is -0.0298. The third-order valence-corrected chi connectivity index (χ3v) is 3.66.